The minimum atomic E-state index is -1.06. The van der Waals surface area contributed by atoms with Crippen LogP contribution in [0.4, 0.5) is 13.6 Å². The van der Waals surface area contributed by atoms with Gasteiger partial charge in [-0.3, -0.25) is 9.48 Å². The maximum absolute atomic E-state index is 15.8. The number of carbonyl (C=O) groups excluding carboxylic acids is 2. The minimum absolute atomic E-state index is 0.124. The highest BCUT2D eigenvalue weighted by atomic mass is 19.1. The van der Waals surface area contributed by atoms with E-state index in [1.54, 1.807) is 50.4 Å². The molecule has 9 nitrogen and oxygen atoms in total. The highest BCUT2D eigenvalue weighted by Crippen LogP contribution is 2.40. The molecule has 0 saturated carbocycles. The summed E-state index contributed by atoms with van der Waals surface area (Å²) in [7, 11) is 0. The van der Waals surface area contributed by atoms with Crippen molar-refractivity contribution in [3.8, 4) is 28.3 Å². The van der Waals surface area contributed by atoms with E-state index in [0.29, 0.717) is 46.0 Å². The van der Waals surface area contributed by atoms with Gasteiger partial charge in [-0.15, -0.1) is 0 Å². The number of amides is 2. The molecule has 2 amide bonds. The number of halogens is 2. The van der Waals surface area contributed by atoms with Gasteiger partial charge in [-0.25, -0.2) is 13.6 Å². The van der Waals surface area contributed by atoms with Crippen LogP contribution in [0.15, 0.2) is 54.7 Å². The third-order valence-electron chi connectivity index (χ3n) is 8.43. The summed E-state index contributed by atoms with van der Waals surface area (Å²) in [6, 6.07) is 13.6. The van der Waals surface area contributed by atoms with Crippen LogP contribution in [0.1, 0.15) is 55.5 Å². The molecule has 0 spiro atoms. The molecule has 2 aliphatic rings. The predicted molar refractivity (Wildman–Crippen MR) is 158 cm³/mol. The van der Waals surface area contributed by atoms with Gasteiger partial charge in [0.2, 0.25) is 0 Å². The number of nitriles is 1. The highest BCUT2D eigenvalue weighted by Gasteiger charge is 2.44. The number of nitrogens with two attached hydrogens (primary N) is 1. The van der Waals surface area contributed by atoms with Crippen LogP contribution in [-0.4, -0.2) is 55.6 Å². The molecule has 226 valence electrons. The SMILES string of the molecule is CC(C)(O)Cn1ncc2cc(-c3ccc(C(=O)N4[C@@H]5CC[C@H]4CC(OC(N)=O)C5)cc3-c3ccc(C#N)c(F)c3)c(F)cc21. The number of benzene rings is 3. The third-order valence-corrected chi connectivity index (χ3v) is 8.43. The number of hydrogen-bond donors (Lipinski definition) is 2. The quantitative estimate of drug-likeness (QED) is 0.300. The number of hydrogen-bond acceptors (Lipinski definition) is 6. The summed E-state index contributed by atoms with van der Waals surface area (Å²) < 4.78 is 37.4. The molecule has 3 N–H and O–H groups in total. The van der Waals surface area contributed by atoms with Crippen molar-refractivity contribution >= 4 is 22.9 Å². The van der Waals surface area contributed by atoms with Crippen molar-refractivity contribution in [3.63, 3.8) is 0 Å². The molecule has 2 fully saturated rings. The number of piperidine rings is 1. The molecule has 4 aromatic rings. The van der Waals surface area contributed by atoms with Crippen LogP contribution < -0.4 is 5.73 Å². The number of rotatable bonds is 6. The molecule has 2 aliphatic heterocycles. The summed E-state index contributed by atoms with van der Waals surface area (Å²) in [5.74, 6) is -1.51. The smallest absolute Gasteiger partial charge is 0.404 e. The van der Waals surface area contributed by atoms with Crippen molar-refractivity contribution in [3.05, 3.63) is 77.5 Å². The van der Waals surface area contributed by atoms with Gasteiger partial charge in [-0.1, -0.05) is 12.1 Å². The monoisotopic (exact) mass is 599 g/mol. The summed E-state index contributed by atoms with van der Waals surface area (Å²) in [6.45, 7) is 3.44. The second kappa shape index (κ2) is 11.0. The second-order valence-corrected chi connectivity index (χ2v) is 12.2. The summed E-state index contributed by atoms with van der Waals surface area (Å²) in [5.41, 5.74) is 6.32. The van der Waals surface area contributed by atoms with Crippen molar-refractivity contribution in [1.82, 2.24) is 14.7 Å². The van der Waals surface area contributed by atoms with E-state index < -0.39 is 23.3 Å². The van der Waals surface area contributed by atoms with Crippen molar-refractivity contribution in [2.75, 3.05) is 0 Å². The van der Waals surface area contributed by atoms with Gasteiger partial charge < -0.3 is 20.5 Å². The van der Waals surface area contributed by atoms with E-state index in [-0.39, 0.29) is 41.8 Å². The van der Waals surface area contributed by atoms with E-state index in [4.69, 9.17) is 10.5 Å². The third kappa shape index (κ3) is 5.49. The number of aromatic nitrogens is 2. The van der Waals surface area contributed by atoms with Crippen molar-refractivity contribution in [2.24, 2.45) is 5.73 Å². The van der Waals surface area contributed by atoms with E-state index in [2.05, 4.69) is 5.10 Å². The van der Waals surface area contributed by atoms with Crippen molar-refractivity contribution < 1.29 is 28.2 Å². The molecule has 1 unspecified atom stereocenters. The molecular weight excluding hydrogens is 568 g/mol. The first-order valence-electron chi connectivity index (χ1n) is 14.4. The molecule has 3 atom stereocenters. The average molecular weight is 600 g/mol. The van der Waals surface area contributed by atoms with Gasteiger partial charge in [0.05, 0.1) is 29.4 Å². The number of fused-ring (bicyclic) bond motifs is 3. The predicted octanol–water partition coefficient (Wildman–Crippen LogP) is 5.52. The molecule has 3 aromatic carbocycles. The molecule has 2 saturated heterocycles. The second-order valence-electron chi connectivity index (χ2n) is 12.2. The first-order valence-corrected chi connectivity index (χ1v) is 14.4. The average Bonchev–Trinajstić information content (AvgIpc) is 3.46. The Balaban J connectivity index is 1.42. The number of aliphatic hydroxyl groups is 1. The van der Waals surface area contributed by atoms with Gasteiger partial charge in [-0.2, -0.15) is 10.4 Å². The maximum atomic E-state index is 15.8. The highest BCUT2D eigenvalue weighted by molar-refractivity contribution is 5.99. The van der Waals surface area contributed by atoms with Gasteiger partial charge >= 0.3 is 6.09 Å². The normalized spacial score (nSPS) is 19.6. The minimum Gasteiger partial charge on any atom is -0.446 e. The fraction of sp³-hybridized carbons (Fsp3) is 0.333. The van der Waals surface area contributed by atoms with E-state index in [1.807, 2.05) is 11.0 Å². The first-order chi connectivity index (χ1) is 20.9. The van der Waals surface area contributed by atoms with Gasteiger partial charge in [0.15, 0.2) is 0 Å². The van der Waals surface area contributed by atoms with E-state index in [1.165, 1.54) is 22.9 Å². The fourth-order valence-electron chi connectivity index (χ4n) is 6.59. The lowest BCUT2D eigenvalue weighted by Crippen LogP contribution is -2.49. The van der Waals surface area contributed by atoms with Gasteiger partial charge in [-0.05, 0) is 73.7 Å². The Hall–Kier alpha value is -4.82. The summed E-state index contributed by atoms with van der Waals surface area (Å²) in [5, 5.41) is 24.5. The van der Waals surface area contributed by atoms with Crippen LogP contribution in [0.2, 0.25) is 0 Å². The lowest BCUT2D eigenvalue weighted by molar-refractivity contribution is 0.0204. The van der Waals surface area contributed by atoms with Crippen LogP contribution in [-0.2, 0) is 11.3 Å². The molecule has 6 rings (SSSR count). The van der Waals surface area contributed by atoms with E-state index in [0.717, 1.165) is 12.8 Å². The Morgan fingerprint density at radius 1 is 1.05 bits per heavy atom. The molecule has 0 aliphatic carbocycles. The summed E-state index contributed by atoms with van der Waals surface area (Å²) in [4.78, 5) is 27.0. The number of nitrogens with zero attached hydrogens (tertiary/aromatic N) is 4. The maximum Gasteiger partial charge on any atom is 0.404 e. The van der Waals surface area contributed by atoms with Crippen molar-refractivity contribution in [2.45, 2.75) is 69.9 Å². The number of primary amides is 1. The van der Waals surface area contributed by atoms with E-state index in [9.17, 15) is 24.3 Å². The molecule has 11 heteroatoms. The Morgan fingerprint density at radius 2 is 1.77 bits per heavy atom. The Bertz CT molecular complexity index is 1830. The van der Waals surface area contributed by atoms with Gasteiger partial charge in [0.1, 0.15) is 23.8 Å². The van der Waals surface area contributed by atoms with Gasteiger partial charge in [0, 0.05) is 47.5 Å². The Morgan fingerprint density at radius 3 is 2.41 bits per heavy atom. The molecule has 0 radical (unpaired) electrons. The molecule has 3 heterocycles. The standard InChI is InChI=1S/C33H31F2N5O4/c1-33(2,43)17-39-30-14-29(35)27(10-21(30)16-38-39)25-8-5-19(9-26(25)18-3-4-20(15-36)28(34)11-18)31(41)40-22-6-7-23(40)13-24(12-22)44-32(37)42/h3-5,8-11,14,16,22-24,43H,6-7,12-13,17H2,1-2H3,(H2,37,42)/t22-,23+,24?. The lowest BCUT2D eigenvalue weighted by Gasteiger charge is -2.38. The van der Waals surface area contributed by atoms with E-state index >= 15 is 4.39 Å². The number of ether oxygens (including phenoxy) is 1. The van der Waals surface area contributed by atoms with Crippen LogP contribution in [0.5, 0.6) is 0 Å². The zero-order chi connectivity index (χ0) is 31.3. The zero-order valence-electron chi connectivity index (χ0n) is 24.3. The molecule has 2 bridgehead atoms. The first kappa shape index (κ1) is 29.3. The number of carbonyl (C=O) groups is 2. The van der Waals surface area contributed by atoms with Crippen molar-refractivity contribution in [1.29, 1.82) is 5.26 Å². The van der Waals surface area contributed by atoms with Crippen LogP contribution in [0.3, 0.4) is 0 Å². The Kier molecular flexibility index (Phi) is 7.33. The molecule has 44 heavy (non-hydrogen) atoms. The molecule has 1 aromatic heterocycles. The summed E-state index contributed by atoms with van der Waals surface area (Å²) in [6.07, 6.45) is 2.93. The zero-order valence-corrected chi connectivity index (χ0v) is 24.3. The van der Waals surface area contributed by atoms with Crippen LogP contribution in [0.25, 0.3) is 33.2 Å². The fourth-order valence-corrected chi connectivity index (χ4v) is 6.59. The topological polar surface area (TPSA) is 134 Å². The molecular formula is C33H31F2N5O4. The largest absolute Gasteiger partial charge is 0.446 e. The van der Waals surface area contributed by atoms with Gasteiger partial charge in [0.25, 0.3) is 5.91 Å². The van der Waals surface area contributed by atoms with Crippen LogP contribution >= 0.6 is 0 Å². The Labute approximate surface area is 252 Å². The summed E-state index contributed by atoms with van der Waals surface area (Å²) >= 11 is 0. The van der Waals surface area contributed by atoms with Crippen LogP contribution in [0, 0.1) is 23.0 Å². The lowest BCUT2D eigenvalue weighted by atomic mass is 9.90.